The maximum atomic E-state index is 6.32. The van der Waals surface area contributed by atoms with Gasteiger partial charge in [-0.15, -0.1) is 0 Å². The van der Waals surface area contributed by atoms with E-state index in [2.05, 4.69) is 72.4 Å². The van der Waals surface area contributed by atoms with Crippen molar-refractivity contribution in [2.45, 2.75) is 20.8 Å². The number of nitrogens with two attached hydrogens (primary N) is 1. The van der Waals surface area contributed by atoms with Crippen molar-refractivity contribution >= 4 is 27.8 Å². The number of aromatic nitrogens is 2. The van der Waals surface area contributed by atoms with E-state index < -0.39 is 0 Å². The number of hydrogen-bond donors (Lipinski definition) is 1. The average molecular weight is 303 g/mol. The Hall–Kier alpha value is -2.68. The van der Waals surface area contributed by atoms with Crippen LogP contribution in [0.2, 0.25) is 0 Å². The van der Waals surface area contributed by atoms with E-state index in [1.165, 1.54) is 38.8 Å². The van der Waals surface area contributed by atoms with E-state index in [1.807, 2.05) is 7.05 Å². The molecule has 0 spiro atoms. The minimum atomic E-state index is 0.834. The molecule has 2 aromatic heterocycles. The normalized spacial score (nSPS) is 11.7. The number of nitrogen functional groups attached to an aromatic ring is 1. The Kier molecular flexibility index (Phi) is 2.82. The van der Waals surface area contributed by atoms with Crippen molar-refractivity contribution in [2.75, 3.05) is 5.73 Å². The van der Waals surface area contributed by atoms with E-state index in [-0.39, 0.29) is 0 Å². The van der Waals surface area contributed by atoms with Crippen molar-refractivity contribution in [1.29, 1.82) is 0 Å². The summed E-state index contributed by atoms with van der Waals surface area (Å²) < 4.78 is 4.47. The molecule has 4 rings (SSSR count). The molecule has 0 bridgehead atoms. The number of fused-ring (bicyclic) bond motifs is 3. The van der Waals surface area contributed by atoms with Crippen molar-refractivity contribution in [2.24, 2.45) is 7.05 Å². The van der Waals surface area contributed by atoms with Gasteiger partial charge in [0, 0.05) is 23.4 Å². The van der Waals surface area contributed by atoms with Crippen molar-refractivity contribution in [3.8, 4) is 5.69 Å². The van der Waals surface area contributed by atoms with E-state index in [0.29, 0.717) is 0 Å². The van der Waals surface area contributed by atoms with Gasteiger partial charge in [-0.3, -0.25) is 4.57 Å². The predicted octanol–water partition coefficient (Wildman–Crippen LogP) is 4.63. The molecule has 2 N–H and O–H groups in total. The van der Waals surface area contributed by atoms with Crippen LogP contribution >= 0.6 is 0 Å². The van der Waals surface area contributed by atoms with Crippen LogP contribution in [0.15, 0.2) is 42.5 Å². The number of anilines is 1. The minimum absolute atomic E-state index is 0.834. The fourth-order valence-corrected chi connectivity index (χ4v) is 3.79. The smallest absolute Gasteiger partial charge is 0.127 e. The van der Waals surface area contributed by atoms with Gasteiger partial charge in [0.1, 0.15) is 11.5 Å². The Bertz CT molecular complexity index is 1040. The zero-order valence-electron chi connectivity index (χ0n) is 14.0. The van der Waals surface area contributed by atoms with Gasteiger partial charge in [0.25, 0.3) is 0 Å². The zero-order valence-corrected chi connectivity index (χ0v) is 14.0. The number of rotatable bonds is 1. The highest BCUT2D eigenvalue weighted by molar-refractivity contribution is 6.12. The summed E-state index contributed by atoms with van der Waals surface area (Å²) in [5.74, 6) is 0.834. The van der Waals surface area contributed by atoms with Crippen LogP contribution in [0.3, 0.4) is 0 Å². The largest absolute Gasteiger partial charge is 0.385 e. The molecular formula is C20H21N3. The summed E-state index contributed by atoms with van der Waals surface area (Å²) in [4.78, 5) is 0. The first-order valence-corrected chi connectivity index (χ1v) is 7.93. The van der Waals surface area contributed by atoms with Gasteiger partial charge in [-0.2, -0.15) is 0 Å². The standard InChI is InChI=1S/C20H21N3/c1-12-8-7-9-13(2)18(12)23-16-11-6-5-10-15(16)17-14(3)19(21)22(4)20(17)23/h5-11H,21H2,1-4H3. The van der Waals surface area contributed by atoms with Crippen LogP contribution in [0, 0.1) is 20.8 Å². The Morgan fingerprint density at radius 3 is 2.22 bits per heavy atom. The lowest BCUT2D eigenvalue weighted by Gasteiger charge is -2.15. The number of benzene rings is 2. The molecule has 0 fully saturated rings. The van der Waals surface area contributed by atoms with Crippen LogP contribution in [0.1, 0.15) is 16.7 Å². The lowest BCUT2D eigenvalue weighted by atomic mass is 10.1. The second-order valence-electron chi connectivity index (χ2n) is 6.36. The summed E-state index contributed by atoms with van der Waals surface area (Å²) in [6, 6.07) is 15.0. The highest BCUT2D eigenvalue weighted by Crippen LogP contribution is 2.38. The fraction of sp³-hybridized carbons (Fsp3) is 0.200. The van der Waals surface area contributed by atoms with Gasteiger partial charge < -0.3 is 10.3 Å². The maximum absolute atomic E-state index is 6.32. The van der Waals surface area contributed by atoms with E-state index in [1.54, 1.807) is 0 Å². The molecule has 3 heteroatoms. The summed E-state index contributed by atoms with van der Waals surface area (Å²) in [5.41, 5.74) is 13.7. The highest BCUT2D eigenvalue weighted by Gasteiger charge is 2.21. The van der Waals surface area contributed by atoms with Gasteiger partial charge in [-0.05, 0) is 38.0 Å². The molecule has 116 valence electrons. The molecule has 2 heterocycles. The van der Waals surface area contributed by atoms with Crippen LogP contribution in [0.4, 0.5) is 5.82 Å². The molecule has 0 amide bonds. The summed E-state index contributed by atoms with van der Waals surface area (Å²) in [7, 11) is 2.05. The van der Waals surface area contributed by atoms with E-state index in [4.69, 9.17) is 5.73 Å². The molecule has 0 saturated heterocycles. The van der Waals surface area contributed by atoms with Gasteiger partial charge in [0.15, 0.2) is 0 Å². The predicted molar refractivity (Wildman–Crippen MR) is 98.4 cm³/mol. The first-order valence-electron chi connectivity index (χ1n) is 7.93. The lowest BCUT2D eigenvalue weighted by Crippen LogP contribution is -2.05. The molecule has 0 aliphatic rings. The number of para-hydroxylation sites is 2. The Morgan fingerprint density at radius 1 is 0.870 bits per heavy atom. The Morgan fingerprint density at radius 2 is 1.52 bits per heavy atom. The van der Waals surface area contributed by atoms with Gasteiger partial charge >= 0.3 is 0 Å². The number of hydrogen-bond acceptors (Lipinski definition) is 1. The van der Waals surface area contributed by atoms with Crippen molar-refractivity contribution in [3.05, 3.63) is 59.2 Å². The molecule has 0 atom stereocenters. The van der Waals surface area contributed by atoms with Gasteiger partial charge in [0.2, 0.25) is 0 Å². The van der Waals surface area contributed by atoms with Gasteiger partial charge in [-0.25, -0.2) is 0 Å². The van der Waals surface area contributed by atoms with Crippen LogP contribution in [-0.4, -0.2) is 9.13 Å². The minimum Gasteiger partial charge on any atom is -0.385 e. The molecule has 0 aliphatic carbocycles. The van der Waals surface area contributed by atoms with E-state index >= 15 is 0 Å². The first-order chi connectivity index (χ1) is 11.0. The summed E-state index contributed by atoms with van der Waals surface area (Å²) >= 11 is 0. The number of nitrogens with zero attached hydrogens (tertiary/aromatic N) is 2. The van der Waals surface area contributed by atoms with E-state index in [9.17, 15) is 0 Å². The SMILES string of the molecule is Cc1cccc(C)c1-n1c2ccccc2c2c(C)c(N)n(C)c21. The maximum Gasteiger partial charge on any atom is 0.127 e. The Labute approximate surface area is 135 Å². The molecule has 23 heavy (non-hydrogen) atoms. The average Bonchev–Trinajstić information content (AvgIpc) is 2.98. The van der Waals surface area contributed by atoms with Crippen LogP contribution in [-0.2, 0) is 7.05 Å². The van der Waals surface area contributed by atoms with Crippen molar-refractivity contribution in [1.82, 2.24) is 9.13 Å². The molecular weight excluding hydrogens is 282 g/mol. The number of aryl methyl sites for hydroxylation is 4. The molecule has 4 aromatic rings. The monoisotopic (exact) mass is 303 g/mol. The van der Waals surface area contributed by atoms with Crippen molar-refractivity contribution < 1.29 is 0 Å². The second-order valence-corrected chi connectivity index (χ2v) is 6.36. The quantitative estimate of drug-likeness (QED) is 0.547. The highest BCUT2D eigenvalue weighted by atomic mass is 15.2. The van der Waals surface area contributed by atoms with Gasteiger partial charge in [-0.1, -0.05) is 36.4 Å². The zero-order chi connectivity index (χ0) is 16.3. The van der Waals surface area contributed by atoms with Crippen molar-refractivity contribution in [3.63, 3.8) is 0 Å². The fourth-order valence-electron chi connectivity index (χ4n) is 3.79. The van der Waals surface area contributed by atoms with Gasteiger partial charge in [0.05, 0.1) is 11.2 Å². The first kappa shape index (κ1) is 13.9. The molecule has 0 saturated carbocycles. The van der Waals surface area contributed by atoms with Crippen LogP contribution in [0.5, 0.6) is 0 Å². The molecule has 0 unspecified atom stereocenters. The third-order valence-electron chi connectivity index (χ3n) is 4.95. The molecule has 0 radical (unpaired) electrons. The summed E-state index contributed by atoms with van der Waals surface area (Å²) in [6.07, 6.45) is 0. The van der Waals surface area contributed by atoms with Crippen LogP contribution < -0.4 is 5.73 Å². The molecule has 0 aliphatic heterocycles. The third kappa shape index (κ3) is 1.70. The van der Waals surface area contributed by atoms with E-state index in [0.717, 1.165) is 11.4 Å². The summed E-state index contributed by atoms with van der Waals surface area (Å²) in [5, 5.41) is 2.51. The molecule has 2 aromatic carbocycles. The second kappa shape index (κ2) is 4.66. The molecule has 3 nitrogen and oxygen atoms in total. The van der Waals surface area contributed by atoms with Crippen LogP contribution in [0.25, 0.3) is 27.6 Å². The summed E-state index contributed by atoms with van der Waals surface area (Å²) in [6.45, 7) is 6.45. The topological polar surface area (TPSA) is 35.9 Å². The third-order valence-corrected chi connectivity index (χ3v) is 4.95. The Balaban J connectivity index is 2.32. The lowest BCUT2D eigenvalue weighted by molar-refractivity contribution is 0.930.